The molecule has 0 spiro atoms. The average Bonchev–Trinajstić information content (AvgIpc) is 3.51. The smallest absolute Gasteiger partial charge is 0.182 e. The molecular formula is C22H21FN6O3. The first-order chi connectivity index (χ1) is 15.7. The molecule has 1 aliphatic rings. The Morgan fingerprint density at radius 1 is 1.12 bits per heavy atom. The SMILES string of the molecule is COc1cnc(-c2cc(-c3ccon3)n(Cc3ccccc3F)n2)nc1N1CCOCC1. The summed E-state index contributed by atoms with van der Waals surface area (Å²) in [6, 6.07) is 10.2. The summed E-state index contributed by atoms with van der Waals surface area (Å²) in [5.74, 6) is 1.40. The van der Waals surface area contributed by atoms with Crippen molar-refractivity contribution in [2.75, 3.05) is 38.3 Å². The van der Waals surface area contributed by atoms with E-state index in [9.17, 15) is 4.39 Å². The number of aromatic nitrogens is 5. The van der Waals surface area contributed by atoms with Gasteiger partial charge < -0.3 is 18.9 Å². The molecule has 1 aromatic carbocycles. The van der Waals surface area contributed by atoms with E-state index in [0.29, 0.717) is 66.3 Å². The molecule has 3 aromatic heterocycles. The maximum absolute atomic E-state index is 14.3. The number of halogens is 1. The van der Waals surface area contributed by atoms with Gasteiger partial charge in [0.1, 0.15) is 23.5 Å². The van der Waals surface area contributed by atoms with Crippen LogP contribution in [-0.2, 0) is 11.3 Å². The highest BCUT2D eigenvalue weighted by Gasteiger charge is 2.21. The summed E-state index contributed by atoms with van der Waals surface area (Å²) in [6.45, 7) is 2.88. The van der Waals surface area contributed by atoms with Crippen LogP contribution in [0.4, 0.5) is 10.2 Å². The molecule has 1 fully saturated rings. The summed E-state index contributed by atoms with van der Waals surface area (Å²) >= 11 is 0. The van der Waals surface area contributed by atoms with Gasteiger partial charge in [0.15, 0.2) is 17.4 Å². The van der Waals surface area contributed by atoms with E-state index < -0.39 is 0 Å². The van der Waals surface area contributed by atoms with E-state index in [4.69, 9.17) is 19.0 Å². The minimum atomic E-state index is -0.300. The Kier molecular flexibility index (Phi) is 5.51. The van der Waals surface area contributed by atoms with E-state index in [-0.39, 0.29) is 12.4 Å². The Morgan fingerprint density at radius 2 is 1.97 bits per heavy atom. The van der Waals surface area contributed by atoms with Crippen LogP contribution in [0.5, 0.6) is 5.75 Å². The van der Waals surface area contributed by atoms with E-state index in [1.807, 2.05) is 6.07 Å². The normalized spacial score (nSPS) is 14.0. The van der Waals surface area contributed by atoms with Gasteiger partial charge in [0.05, 0.1) is 38.8 Å². The van der Waals surface area contributed by atoms with Gasteiger partial charge in [-0.2, -0.15) is 5.10 Å². The molecule has 32 heavy (non-hydrogen) atoms. The fourth-order valence-corrected chi connectivity index (χ4v) is 3.62. The average molecular weight is 436 g/mol. The van der Waals surface area contributed by atoms with Gasteiger partial charge in [-0.1, -0.05) is 23.4 Å². The van der Waals surface area contributed by atoms with Gasteiger partial charge in [0.25, 0.3) is 0 Å². The summed E-state index contributed by atoms with van der Waals surface area (Å²) in [4.78, 5) is 11.3. The number of rotatable bonds is 6. The van der Waals surface area contributed by atoms with Crippen LogP contribution in [-0.4, -0.2) is 58.3 Å². The summed E-state index contributed by atoms with van der Waals surface area (Å²) in [5.41, 5.74) is 2.30. The molecule has 1 saturated heterocycles. The molecule has 10 heteroatoms. The molecule has 0 atom stereocenters. The Labute approximate surface area is 183 Å². The molecule has 164 valence electrons. The van der Waals surface area contributed by atoms with Crippen LogP contribution in [0.3, 0.4) is 0 Å². The van der Waals surface area contributed by atoms with Crippen LogP contribution in [0, 0.1) is 5.82 Å². The maximum atomic E-state index is 14.3. The first kappa shape index (κ1) is 20.1. The first-order valence-electron chi connectivity index (χ1n) is 10.2. The number of ether oxygens (including phenoxy) is 2. The minimum absolute atomic E-state index is 0.224. The fourth-order valence-electron chi connectivity index (χ4n) is 3.62. The maximum Gasteiger partial charge on any atom is 0.182 e. The van der Waals surface area contributed by atoms with Gasteiger partial charge in [0, 0.05) is 24.7 Å². The molecule has 0 aliphatic carbocycles. The largest absolute Gasteiger partial charge is 0.491 e. The van der Waals surface area contributed by atoms with Gasteiger partial charge >= 0.3 is 0 Å². The van der Waals surface area contributed by atoms with Gasteiger partial charge in [-0.3, -0.25) is 4.68 Å². The van der Waals surface area contributed by atoms with Gasteiger partial charge in [-0.15, -0.1) is 0 Å². The molecule has 0 saturated carbocycles. The first-order valence-corrected chi connectivity index (χ1v) is 10.2. The molecule has 9 nitrogen and oxygen atoms in total. The zero-order chi connectivity index (χ0) is 21.9. The zero-order valence-electron chi connectivity index (χ0n) is 17.4. The fraction of sp³-hybridized carbons (Fsp3) is 0.273. The Morgan fingerprint density at radius 3 is 2.72 bits per heavy atom. The molecular weight excluding hydrogens is 415 g/mol. The second kappa shape index (κ2) is 8.75. The molecule has 0 amide bonds. The summed E-state index contributed by atoms with van der Waals surface area (Å²) in [6.07, 6.45) is 3.12. The van der Waals surface area contributed by atoms with Crippen LogP contribution < -0.4 is 9.64 Å². The number of morpholine rings is 1. The lowest BCUT2D eigenvalue weighted by Gasteiger charge is -2.28. The zero-order valence-corrected chi connectivity index (χ0v) is 17.4. The molecule has 4 aromatic rings. The van der Waals surface area contributed by atoms with Crippen molar-refractivity contribution in [2.45, 2.75) is 6.54 Å². The van der Waals surface area contributed by atoms with Crippen LogP contribution in [0.2, 0.25) is 0 Å². The Balaban J connectivity index is 1.56. The molecule has 0 bridgehead atoms. The number of hydrogen-bond donors (Lipinski definition) is 0. The minimum Gasteiger partial charge on any atom is -0.491 e. The van der Waals surface area contributed by atoms with E-state index >= 15 is 0 Å². The van der Waals surface area contributed by atoms with Gasteiger partial charge in [-0.05, 0) is 12.1 Å². The van der Waals surface area contributed by atoms with Crippen LogP contribution in [0.25, 0.3) is 22.9 Å². The molecule has 5 rings (SSSR count). The quantitative estimate of drug-likeness (QED) is 0.456. The van der Waals surface area contributed by atoms with Crippen LogP contribution >= 0.6 is 0 Å². The van der Waals surface area contributed by atoms with Crippen LogP contribution in [0.15, 0.2) is 53.4 Å². The highest BCUT2D eigenvalue weighted by Crippen LogP contribution is 2.30. The molecule has 4 heterocycles. The number of nitrogens with zero attached hydrogens (tertiary/aromatic N) is 6. The van der Waals surface area contributed by atoms with Crippen molar-refractivity contribution in [3.8, 4) is 28.7 Å². The van der Waals surface area contributed by atoms with E-state index in [0.717, 1.165) is 0 Å². The predicted molar refractivity (Wildman–Crippen MR) is 114 cm³/mol. The number of methoxy groups -OCH3 is 1. The van der Waals surface area contributed by atoms with Crippen molar-refractivity contribution < 1.29 is 18.4 Å². The lowest BCUT2D eigenvalue weighted by molar-refractivity contribution is 0.122. The second-order valence-electron chi connectivity index (χ2n) is 7.23. The Bertz CT molecular complexity index is 1200. The topological polar surface area (TPSA) is 91.3 Å². The molecule has 0 radical (unpaired) electrons. The monoisotopic (exact) mass is 436 g/mol. The van der Waals surface area contributed by atoms with E-state index in [1.165, 1.54) is 12.3 Å². The summed E-state index contributed by atoms with van der Waals surface area (Å²) in [7, 11) is 1.59. The lowest BCUT2D eigenvalue weighted by Crippen LogP contribution is -2.37. The summed E-state index contributed by atoms with van der Waals surface area (Å²) < 4.78 is 31.9. The summed E-state index contributed by atoms with van der Waals surface area (Å²) in [5, 5.41) is 8.70. The third-order valence-electron chi connectivity index (χ3n) is 5.25. The van der Waals surface area contributed by atoms with Crippen molar-refractivity contribution in [3.63, 3.8) is 0 Å². The van der Waals surface area contributed by atoms with Crippen LogP contribution in [0.1, 0.15) is 5.56 Å². The van der Waals surface area contributed by atoms with Crippen molar-refractivity contribution >= 4 is 5.82 Å². The molecule has 1 aliphatic heterocycles. The van der Waals surface area contributed by atoms with Gasteiger partial charge in [0.2, 0.25) is 0 Å². The Hall–Kier alpha value is -3.79. The highest BCUT2D eigenvalue weighted by atomic mass is 19.1. The van der Waals surface area contributed by atoms with E-state index in [2.05, 4.69) is 20.1 Å². The number of anilines is 1. The van der Waals surface area contributed by atoms with E-state index in [1.54, 1.807) is 42.3 Å². The predicted octanol–water partition coefficient (Wildman–Crippen LogP) is 3.03. The number of benzene rings is 1. The van der Waals surface area contributed by atoms with Crippen molar-refractivity contribution in [1.82, 2.24) is 24.9 Å². The third-order valence-corrected chi connectivity index (χ3v) is 5.25. The molecule has 0 unspecified atom stereocenters. The van der Waals surface area contributed by atoms with Crippen molar-refractivity contribution in [2.24, 2.45) is 0 Å². The standard InChI is InChI=1S/C22H21FN6O3/c1-30-20-13-24-21(25-22(20)28-7-10-31-11-8-28)18-12-19(17-6-9-32-27-17)29(26-18)14-15-4-2-3-5-16(15)23/h2-6,9,12-13H,7-8,10-11,14H2,1H3. The van der Waals surface area contributed by atoms with Crippen molar-refractivity contribution in [3.05, 3.63) is 60.2 Å². The lowest BCUT2D eigenvalue weighted by atomic mass is 10.2. The molecule has 0 N–H and O–H groups in total. The van der Waals surface area contributed by atoms with Gasteiger partial charge in [-0.25, -0.2) is 14.4 Å². The second-order valence-corrected chi connectivity index (χ2v) is 7.23. The third kappa shape index (κ3) is 3.92. The van der Waals surface area contributed by atoms with Crippen molar-refractivity contribution in [1.29, 1.82) is 0 Å². The highest BCUT2D eigenvalue weighted by molar-refractivity contribution is 5.65. The number of hydrogen-bond acceptors (Lipinski definition) is 8.